The highest BCUT2D eigenvalue weighted by atomic mass is 35.5. The summed E-state index contributed by atoms with van der Waals surface area (Å²) in [5.41, 5.74) is 0.983. The minimum Gasteiger partial charge on any atom is -0.355 e. The number of benzene rings is 1. The molecule has 1 heterocycles. The van der Waals surface area contributed by atoms with E-state index in [0.29, 0.717) is 24.1 Å². The lowest BCUT2D eigenvalue weighted by molar-refractivity contribution is 0.477. The smallest absolute Gasteiger partial charge is 0.242 e. The first kappa shape index (κ1) is 20.2. The van der Waals surface area contributed by atoms with Gasteiger partial charge in [-0.1, -0.05) is 29.8 Å². The van der Waals surface area contributed by atoms with Gasteiger partial charge in [-0.2, -0.15) is 0 Å². The molecule has 0 unspecified atom stereocenters. The molecular weight excluding hydrogens is 374 g/mol. The maximum Gasteiger partial charge on any atom is 0.242 e. The van der Waals surface area contributed by atoms with Crippen LogP contribution in [0.4, 0.5) is 0 Å². The van der Waals surface area contributed by atoms with Crippen LogP contribution in [-0.2, 0) is 16.6 Å². The fraction of sp³-hybridized carbons (Fsp3) is 0.294. The molecule has 2 N–H and O–H groups in total. The number of nitrogens with one attached hydrogen (secondary N) is 2. The Kier molecular flexibility index (Phi) is 7.38. The van der Waals surface area contributed by atoms with E-state index < -0.39 is 10.0 Å². The van der Waals surface area contributed by atoms with Crippen LogP contribution in [0.5, 0.6) is 0 Å². The minimum atomic E-state index is -3.56. The molecule has 0 fully saturated rings. The lowest BCUT2D eigenvalue weighted by Gasteiger charge is -2.22. The third-order valence-electron chi connectivity index (χ3n) is 3.58. The van der Waals surface area contributed by atoms with Crippen molar-refractivity contribution in [3.05, 3.63) is 59.4 Å². The monoisotopic (exact) mass is 395 g/mol. The predicted molar refractivity (Wildman–Crippen MR) is 104 cm³/mol. The first-order valence-corrected chi connectivity index (χ1v) is 9.85. The molecule has 0 spiro atoms. The van der Waals surface area contributed by atoms with Crippen LogP contribution in [0.3, 0.4) is 0 Å². The molecule has 2 rings (SSSR count). The summed E-state index contributed by atoms with van der Waals surface area (Å²) in [6.45, 7) is 1.19. The summed E-state index contributed by atoms with van der Waals surface area (Å²) < 4.78 is 26.8. The first-order chi connectivity index (χ1) is 12.4. The van der Waals surface area contributed by atoms with Crippen LogP contribution >= 0.6 is 11.6 Å². The van der Waals surface area contributed by atoms with E-state index in [1.165, 1.54) is 18.5 Å². The van der Waals surface area contributed by atoms with Gasteiger partial charge in [-0.3, -0.25) is 9.98 Å². The number of rotatable bonds is 7. The van der Waals surface area contributed by atoms with Gasteiger partial charge in [0.25, 0.3) is 0 Å². The van der Waals surface area contributed by atoms with Crippen molar-refractivity contribution in [1.82, 2.24) is 19.9 Å². The molecule has 1 aromatic carbocycles. The Labute approximate surface area is 159 Å². The molecule has 9 heteroatoms. The molecule has 0 aliphatic heterocycles. The molecule has 0 saturated heterocycles. The minimum absolute atomic E-state index is 0.139. The van der Waals surface area contributed by atoms with Crippen LogP contribution in [0.2, 0.25) is 5.02 Å². The third-order valence-corrected chi connectivity index (χ3v) is 5.40. The number of aromatic nitrogens is 1. The van der Waals surface area contributed by atoms with E-state index in [-0.39, 0.29) is 11.4 Å². The number of hydrogen-bond acceptors (Lipinski definition) is 4. The van der Waals surface area contributed by atoms with Crippen molar-refractivity contribution < 1.29 is 8.42 Å². The summed E-state index contributed by atoms with van der Waals surface area (Å²) in [5.74, 6) is 0.644. The van der Waals surface area contributed by atoms with E-state index in [2.05, 4.69) is 20.0 Å². The maximum absolute atomic E-state index is 12.1. The Morgan fingerprint density at radius 1 is 1.23 bits per heavy atom. The Bertz CT molecular complexity index is 843. The normalized spacial score (nSPS) is 12.0. The van der Waals surface area contributed by atoms with Crippen LogP contribution in [0, 0.1) is 0 Å². The van der Waals surface area contributed by atoms with Crippen molar-refractivity contribution >= 4 is 27.6 Å². The summed E-state index contributed by atoms with van der Waals surface area (Å²) in [7, 11) is -0.00354. The topological polar surface area (TPSA) is 86.7 Å². The summed E-state index contributed by atoms with van der Waals surface area (Å²) in [4.78, 5) is 10.1. The van der Waals surface area contributed by atoms with Gasteiger partial charge in [0.2, 0.25) is 10.0 Å². The van der Waals surface area contributed by atoms with Crippen molar-refractivity contribution in [2.75, 3.05) is 27.2 Å². The van der Waals surface area contributed by atoms with Gasteiger partial charge in [-0.15, -0.1) is 0 Å². The average Bonchev–Trinajstić information content (AvgIpc) is 2.64. The summed E-state index contributed by atoms with van der Waals surface area (Å²) in [5, 5.41) is 3.82. The molecule has 0 bridgehead atoms. The number of halogens is 1. The SMILES string of the molecule is CN=C(NCCNS(=O)(=O)c1cccnc1)N(C)Cc1ccccc1Cl. The second-order valence-corrected chi connectivity index (χ2v) is 7.68. The fourth-order valence-corrected chi connectivity index (χ4v) is 3.48. The summed E-state index contributed by atoms with van der Waals surface area (Å²) in [6, 6.07) is 10.7. The zero-order valence-corrected chi connectivity index (χ0v) is 16.3. The van der Waals surface area contributed by atoms with E-state index in [1.54, 1.807) is 13.1 Å². The number of aliphatic imine (C=N–C) groups is 1. The molecule has 0 amide bonds. The van der Waals surface area contributed by atoms with Crippen molar-refractivity contribution in [2.24, 2.45) is 4.99 Å². The zero-order valence-electron chi connectivity index (χ0n) is 14.7. The van der Waals surface area contributed by atoms with Gasteiger partial charge in [0.15, 0.2) is 5.96 Å². The first-order valence-electron chi connectivity index (χ1n) is 7.99. The Balaban J connectivity index is 1.84. The molecule has 0 saturated carbocycles. The number of pyridine rings is 1. The highest BCUT2D eigenvalue weighted by Crippen LogP contribution is 2.16. The van der Waals surface area contributed by atoms with Crippen LogP contribution in [0.1, 0.15) is 5.56 Å². The van der Waals surface area contributed by atoms with Crippen LogP contribution in [0.15, 0.2) is 58.7 Å². The number of hydrogen-bond donors (Lipinski definition) is 2. The quantitative estimate of drug-likeness (QED) is 0.423. The fourth-order valence-electron chi connectivity index (χ4n) is 2.29. The van der Waals surface area contributed by atoms with Crippen LogP contribution in [-0.4, -0.2) is 51.4 Å². The standard InChI is InChI=1S/C17H22ClN5O2S/c1-19-17(23(2)13-14-6-3-4-8-16(14)18)21-10-11-22-26(24,25)15-7-5-9-20-12-15/h3-9,12,22H,10-11,13H2,1-2H3,(H,19,21). The zero-order chi connectivity index (χ0) is 19.0. The molecule has 7 nitrogen and oxygen atoms in total. The number of sulfonamides is 1. The third kappa shape index (κ3) is 5.69. The van der Waals surface area contributed by atoms with E-state index in [0.717, 1.165) is 5.56 Å². The molecule has 0 aliphatic carbocycles. The van der Waals surface area contributed by atoms with Gasteiger partial charge in [0.05, 0.1) is 0 Å². The maximum atomic E-state index is 12.1. The van der Waals surface area contributed by atoms with E-state index in [9.17, 15) is 8.42 Å². The van der Waals surface area contributed by atoms with Crippen molar-refractivity contribution in [2.45, 2.75) is 11.4 Å². The molecule has 0 aliphatic rings. The van der Waals surface area contributed by atoms with Crippen molar-refractivity contribution in [3.8, 4) is 0 Å². The number of nitrogens with zero attached hydrogens (tertiary/aromatic N) is 3. The highest BCUT2D eigenvalue weighted by Gasteiger charge is 2.13. The van der Waals surface area contributed by atoms with E-state index in [4.69, 9.17) is 11.6 Å². The Hall–Kier alpha value is -2.16. The van der Waals surface area contributed by atoms with Gasteiger partial charge < -0.3 is 10.2 Å². The molecule has 1 aromatic heterocycles. The molecule has 0 radical (unpaired) electrons. The van der Waals surface area contributed by atoms with Crippen molar-refractivity contribution in [3.63, 3.8) is 0 Å². The van der Waals surface area contributed by atoms with Crippen LogP contribution in [0.25, 0.3) is 0 Å². The van der Waals surface area contributed by atoms with Gasteiger partial charge in [0.1, 0.15) is 4.90 Å². The second-order valence-electron chi connectivity index (χ2n) is 5.51. The Morgan fingerprint density at radius 2 is 2.00 bits per heavy atom. The van der Waals surface area contributed by atoms with Gasteiger partial charge in [-0.05, 0) is 23.8 Å². The summed E-state index contributed by atoms with van der Waals surface area (Å²) >= 11 is 6.18. The largest absolute Gasteiger partial charge is 0.355 e. The lowest BCUT2D eigenvalue weighted by atomic mass is 10.2. The van der Waals surface area contributed by atoms with E-state index >= 15 is 0 Å². The van der Waals surface area contributed by atoms with Gasteiger partial charge >= 0.3 is 0 Å². The molecule has 26 heavy (non-hydrogen) atoms. The molecule has 2 aromatic rings. The van der Waals surface area contributed by atoms with Gasteiger partial charge in [-0.25, -0.2) is 13.1 Å². The molecule has 0 atom stereocenters. The Morgan fingerprint density at radius 3 is 2.65 bits per heavy atom. The number of guanidine groups is 1. The van der Waals surface area contributed by atoms with Crippen LogP contribution < -0.4 is 10.0 Å². The van der Waals surface area contributed by atoms with Crippen molar-refractivity contribution in [1.29, 1.82) is 0 Å². The molecule has 140 valence electrons. The van der Waals surface area contributed by atoms with E-state index in [1.807, 2.05) is 36.2 Å². The summed E-state index contributed by atoms with van der Waals surface area (Å²) in [6.07, 6.45) is 2.84. The molecular formula is C17H22ClN5O2S. The highest BCUT2D eigenvalue weighted by molar-refractivity contribution is 7.89. The second kappa shape index (κ2) is 9.51. The van der Waals surface area contributed by atoms with Gasteiger partial charge in [0, 0.05) is 51.1 Å². The lowest BCUT2D eigenvalue weighted by Crippen LogP contribution is -2.42. The average molecular weight is 396 g/mol. The predicted octanol–water partition coefficient (Wildman–Crippen LogP) is 1.72.